The van der Waals surface area contributed by atoms with Crippen LogP contribution in [0, 0.1) is 11.8 Å². The summed E-state index contributed by atoms with van der Waals surface area (Å²) in [5, 5.41) is 8.32. The Morgan fingerprint density at radius 3 is 2.61 bits per heavy atom. The molecule has 6 nitrogen and oxygen atoms in total. The van der Waals surface area contributed by atoms with Gasteiger partial charge >= 0.3 is 0 Å². The lowest BCUT2D eigenvalue weighted by Gasteiger charge is -2.31. The summed E-state index contributed by atoms with van der Waals surface area (Å²) in [6.45, 7) is 2.02. The molecule has 1 aromatic carbocycles. The standard InChI is InChI=1S/C25H34N4O2/c30-24(14-13-20-8-3-1-4-9-20)22-12-7-16-28(18-22)25(31)23-19-29(27-26-23)17-15-21-10-5-2-6-11-21/h1,3-4,8-9,19,21-22H,2,5-7,10-18H2/t22-/m1/s1. The lowest BCUT2D eigenvalue weighted by atomic mass is 9.87. The second-order valence-electron chi connectivity index (χ2n) is 9.20. The molecule has 1 amide bonds. The van der Waals surface area contributed by atoms with Crippen LogP contribution in [0.5, 0.6) is 0 Å². The van der Waals surface area contributed by atoms with Crippen LogP contribution in [0.3, 0.4) is 0 Å². The van der Waals surface area contributed by atoms with E-state index in [2.05, 4.69) is 22.4 Å². The molecule has 4 rings (SSSR count). The fraction of sp³-hybridized carbons (Fsp3) is 0.600. The Bertz CT molecular complexity index is 857. The first-order valence-electron chi connectivity index (χ1n) is 11.9. The summed E-state index contributed by atoms with van der Waals surface area (Å²) in [6, 6.07) is 10.1. The first kappa shape index (κ1) is 21.7. The third-order valence-electron chi connectivity index (χ3n) is 6.92. The highest BCUT2D eigenvalue weighted by Crippen LogP contribution is 2.26. The van der Waals surface area contributed by atoms with Crippen molar-refractivity contribution >= 4 is 11.7 Å². The number of rotatable bonds is 8. The third-order valence-corrected chi connectivity index (χ3v) is 6.92. The largest absolute Gasteiger partial charge is 0.336 e. The SMILES string of the molecule is O=C(CCc1ccccc1)[C@@H]1CCCN(C(=O)c2cn(CCC3CCCCC3)nn2)C1. The summed E-state index contributed by atoms with van der Waals surface area (Å²) in [5.74, 6) is 0.881. The van der Waals surface area contributed by atoms with Crippen molar-refractivity contribution in [1.82, 2.24) is 19.9 Å². The van der Waals surface area contributed by atoms with Crippen molar-refractivity contribution in [1.29, 1.82) is 0 Å². The van der Waals surface area contributed by atoms with Crippen molar-refractivity contribution in [2.75, 3.05) is 13.1 Å². The van der Waals surface area contributed by atoms with Crippen molar-refractivity contribution < 1.29 is 9.59 Å². The van der Waals surface area contributed by atoms with E-state index in [1.54, 1.807) is 11.1 Å². The van der Waals surface area contributed by atoms with Crippen LogP contribution in [0.1, 0.15) is 73.8 Å². The molecule has 1 saturated heterocycles. The predicted octanol–water partition coefficient (Wildman–Crippen LogP) is 4.30. The number of hydrogen-bond donors (Lipinski definition) is 0. The molecule has 0 unspecified atom stereocenters. The fourth-order valence-electron chi connectivity index (χ4n) is 5.00. The molecule has 1 saturated carbocycles. The van der Waals surface area contributed by atoms with Gasteiger partial charge in [-0.3, -0.25) is 14.3 Å². The molecule has 1 aliphatic carbocycles. The highest BCUT2D eigenvalue weighted by atomic mass is 16.2. The van der Waals surface area contributed by atoms with E-state index in [-0.39, 0.29) is 17.6 Å². The van der Waals surface area contributed by atoms with Crippen molar-refractivity contribution in [2.45, 2.75) is 70.8 Å². The molecule has 166 valence electrons. The molecule has 0 N–H and O–H groups in total. The van der Waals surface area contributed by atoms with Gasteiger partial charge < -0.3 is 4.90 Å². The number of aromatic nitrogens is 3. The number of piperidine rings is 1. The van der Waals surface area contributed by atoms with Crippen molar-refractivity contribution in [3.8, 4) is 0 Å². The van der Waals surface area contributed by atoms with Crippen LogP contribution in [0.25, 0.3) is 0 Å². The van der Waals surface area contributed by atoms with Gasteiger partial charge in [-0.05, 0) is 37.2 Å². The molecule has 2 aromatic rings. The van der Waals surface area contributed by atoms with Crippen LogP contribution in [-0.2, 0) is 17.8 Å². The molecule has 0 bridgehead atoms. The van der Waals surface area contributed by atoms with E-state index in [9.17, 15) is 9.59 Å². The van der Waals surface area contributed by atoms with Crippen LogP contribution in [0.15, 0.2) is 36.5 Å². The Kier molecular flexibility index (Phi) is 7.49. The van der Waals surface area contributed by atoms with Gasteiger partial charge in [0.1, 0.15) is 5.78 Å². The third kappa shape index (κ3) is 6.02. The summed E-state index contributed by atoms with van der Waals surface area (Å²) in [4.78, 5) is 27.5. The van der Waals surface area contributed by atoms with Gasteiger partial charge in [-0.2, -0.15) is 0 Å². The number of amides is 1. The van der Waals surface area contributed by atoms with Gasteiger partial charge in [0.15, 0.2) is 5.69 Å². The average molecular weight is 423 g/mol. The molecule has 6 heteroatoms. The lowest BCUT2D eigenvalue weighted by Crippen LogP contribution is -2.42. The summed E-state index contributed by atoms with van der Waals surface area (Å²) in [7, 11) is 0. The summed E-state index contributed by atoms with van der Waals surface area (Å²) >= 11 is 0. The number of carbonyl (C=O) groups excluding carboxylic acids is 2. The second kappa shape index (κ2) is 10.7. The Labute approximate surface area is 185 Å². The van der Waals surface area contributed by atoms with Crippen molar-refractivity contribution in [2.24, 2.45) is 11.8 Å². The van der Waals surface area contributed by atoms with Crippen molar-refractivity contribution in [3.63, 3.8) is 0 Å². The van der Waals surface area contributed by atoms with E-state index in [1.807, 2.05) is 22.9 Å². The number of aryl methyl sites for hydroxylation is 2. The summed E-state index contributed by atoms with van der Waals surface area (Å²) in [6.07, 6.45) is 12.6. The van der Waals surface area contributed by atoms with Gasteiger partial charge in [0, 0.05) is 32.0 Å². The highest BCUT2D eigenvalue weighted by molar-refractivity contribution is 5.92. The smallest absolute Gasteiger partial charge is 0.276 e. The number of nitrogens with zero attached hydrogens (tertiary/aromatic N) is 4. The van der Waals surface area contributed by atoms with E-state index in [0.717, 1.165) is 38.1 Å². The minimum Gasteiger partial charge on any atom is -0.336 e. The lowest BCUT2D eigenvalue weighted by molar-refractivity contribution is -0.124. The number of ketones is 1. The van der Waals surface area contributed by atoms with Crippen LogP contribution < -0.4 is 0 Å². The predicted molar refractivity (Wildman–Crippen MR) is 120 cm³/mol. The van der Waals surface area contributed by atoms with Gasteiger partial charge in [0.05, 0.1) is 6.20 Å². The minimum absolute atomic E-state index is 0.0669. The monoisotopic (exact) mass is 422 g/mol. The number of Topliss-reactive ketones (excluding diaryl/α,β-unsaturated/α-hetero) is 1. The Morgan fingerprint density at radius 1 is 1.00 bits per heavy atom. The van der Waals surface area contributed by atoms with E-state index in [0.29, 0.717) is 25.2 Å². The fourth-order valence-corrected chi connectivity index (χ4v) is 5.00. The molecule has 0 radical (unpaired) electrons. The summed E-state index contributed by atoms with van der Waals surface area (Å²) < 4.78 is 1.81. The van der Waals surface area contributed by atoms with Crippen LogP contribution >= 0.6 is 0 Å². The number of benzene rings is 1. The maximum atomic E-state index is 13.0. The topological polar surface area (TPSA) is 68.1 Å². The van der Waals surface area contributed by atoms with Gasteiger partial charge in [-0.1, -0.05) is 67.6 Å². The molecule has 31 heavy (non-hydrogen) atoms. The van der Waals surface area contributed by atoms with E-state index in [1.165, 1.54) is 37.7 Å². The average Bonchev–Trinajstić information content (AvgIpc) is 3.31. The normalized spacial score (nSPS) is 20.0. The van der Waals surface area contributed by atoms with E-state index in [4.69, 9.17) is 0 Å². The van der Waals surface area contributed by atoms with E-state index < -0.39 is 0 Å². The maximum Gasteiger partial charge on any atom is 0.276 e. The Morgan fingerprint density at radius 2 is 1.81 bits per heavy atom. The van der Waals surface area contributed by atoms with E-state index >= 15 is 0 Å². The zero-order chi connectivity index (χ0) is 21.5. The van der Waals surface area contributed by atoms with Gasteiger partial charge in [0.2, 0.25) is 0 Å². The highest BCUT2D eigenvalue weighted by Gasteiger charge is 2.29. The zero-order valence-corrected chi connectivity index (χ0v) is 18.4. The molecular weight excluding hydrogens is 388 g/mol. The molecule has 2 fully saturated rings. The maximum absolute atomic E-state index is 13.0. The Hall–Kier alpha value is -2.50. The van der Waals surface area contributed by atoms with Crippen LogP contribution in [0.2, 0.25) is 0 Å². The first-order valence-corrected chi connectivity index (χ1v) is 11.9. The van der Waals surface area contributed by atoms with Crippen molar-refractivity contribution in [3.05, 3.63) is 47.8 Å². The number of carbonyl (C=O) groups is 2. The number of likely N-dealkylation sites (tertiary alicyclic amines) is 1. The molecule has 2 aliphatic rings. The molecule has 1 aliphatic heterocycles. The van der Waals surface area contributed by atoms with Gasteiger partial charge in [-0.25, -0.2) is 0 Å². The summed E-state index contributed by atoms with van der Waals surface area (Å²) in [5.41, 5.74) is 1.59. The molecule has 1 atom stereocenters. The molecule has 2 heterocycles. The number of hydrogen-bond acceptors (Lipinski definition) is 4. The Balaban J connectivity index is 1.27. The molecular formula is C25H34N4O2. The van der Waals surface area contributed by atoms with Crippen LogP contribution in [0.4, 0.5) is 0 Å². The van der Waals surface area contributed by atoms with Gasteiger partial charge in [-0.15, -0.1) is 5.10 Å². The zero-order valence-electron chi connectivity index (χ0n) is 18.4. The quantitative estimate of drug-likeness (QED) is 0.636. The molecule has 0 spiro atoms. The van der Waals surface area contributed by atoms with Crippen LogP contribution in [-0.4, -0.2) is 44.7 Å². The van der Waals surface area contributed by atoms with Gasteiger partial charge in [0.25, 0.3) is 5.91 Å². The first-order chi connectivity index (χ1) is 15.2. The minimum atomic E-state index is -0.0931. The second-order valence-corrected chi connectivity index (χ2v) is 9.20. The molecule has 1 aromatic heterocycles.